The highest BCUT2D eigenvalue weighted by Gasteiger charge is 2.23. The number of hydrogen-bond acceptors (Lipinski definition) is 4. The van der Waals surface area contributed by atoms with Crippen LogP contribution in [0, 0.1) is 0 Å². The number of hydrogen-bond donors (Lipinski definition) is 3. The molecule has 106 valence electrons. The number of methoxy groups -OCH3 is 1. The summed E-state index contributed by atoms with van der Waals surface area (Å²) in [5.74, 6) is 0. The Morgan fingerprint density at radius 3 is 3.16 bits per heavy atom. The molecule has 1 heterocycles. The van der Waals surface area contributed by atoms with Crippen LogP contribution in [0.4, 0.5) is 0 Å². The number of ether oxygens (including phenoxy) is 1. The molecule has 0 aromatic carbocycles. The highest BCUT2D eigenvalue weighted by Crippen LogP contribution is 2.28. The standard InChI is InChI=1S/C14H22N2O3/c1-19-9-10(7-8-17)15-12-3-2-4-13-11(12)5-6-14(18)16-13/h5-6,10,12,15,17H,2-4,7-9H2,1H3,(H,16,18). The second kappa shape index (κ2) is 6.84. The average molecular weight is 266 g/mol. The molecule has 5 heteroatoms. The van der Waals surface area contributed by atoms with E-state index in [9.17, 15) is 4.79 Å². The van der Waals surface area contributed by atoms with Crippen LogP contribution in [0.5, 0.6) is 0 Å². The van der Waals surface area contributed by atoms with Crippen LogP contribution in [-0.2, 0) is 11.2 Å². The first-order valence-corrected chi connectivity index (χ1v) is 6.82. The molecule has 0 aliphatic heterocycles. The first-order valence-electron chi connectivity index (χ1n) is 6.82. The van der Waals surface area contributed by atoms with Crippen LogP contribution in [0.3, 0.4) is 0 Å². The zero-order chi connectivity index (χ0) is 13.7. The van der Waals surface area contributed by atoms with Gasteiger partial charge < -0.3 is 20.1 Å². The first kappa shape index (κ1) is 14.2. The maximum absolute atomic E-state index is 11.3. The van der Waals surface area contributed by atoms with Crippen molar-refractivity contribution >= 4 is 0 Å². The number of aromatic amines is 1. The van der Waals surface area contributed by atoms with E-state index in [-0.39, 0.29) is 24.2 Å². The van der Waals surface area contributed by atoms with Gasteiger partial charge >= 0.3 is 0 Å². The molecule has 1 aliphatic rings. The molecule has 5 nitrogen and oxygen atoms in total. The summed E-state index contributed by atoms with van der Waals surface area (Å²) in [6, 6.07) is 3.86. The summed E-state index contributed by atoms with van der Waals surface area (Å²) < 4.78 is 5.17. The van der Waals surface area contributed by atoms with Crippen molar-refractivity contribution in [3.8, 4) is 0 Å². The van der Waals surface area contributed by atoms with Gasteiger partial charge in [0.25, 0.3) is 0 Å². The summed E-state index contributed by atoms with van der Waals surface area (Å²) in [6.45, 7) is 0.724. The Balaban J connectivity index is 2.11. The molecular formula is C14H22N2O3. The SMILES string of the molecule is COCC(CCO)NC1CCCc2[nH]c(=O)ccc21. The lowest BCUT2D eigenvalue weighted by Gasteiger charge is -2.29. The van der Waals surface area contributed by atoms with Crippen molar-refractivity contribution < 1.29 is 9.84 Å². The minimum atomic E-state index is -0.0387. The van der Waals surface area contributed by atoms with Gasteiger partial charge in [-0.05, 0) is 31.2 Å². The van der Waals surface area contributed by atoms with E-state index < -0.39 is 0 Å². The number of aromatic nitrogens is 1. The maximum atomic E-state index is 11.3. The Bertz CT molecular complexity index is 452. The van der Waals surface area contributed by atoms with Gasteiger partial charge in [-0.15, -0.1) is 0 Å². The second-order valence-electron chi connectivity index (χ2n) is 5.03. The molecule has 0 radical (unpaired) electrons. The van der Waals surface area contributed by atoms with Crippen LogP contribution in [-0.4, -0.2) is 36.5 Å². The fraction of sp³-hybridized carbons (Fsp3) is 0.643. The summed E-state index contributed by atoms with van der Waals surface area (Å²) in [5, 5.41) is 12.6. The molecule has 19 heavy (non-hydrogen) atoms. The summed E-state index contributed by atoms with van der Waals surface area (Å²) in [4.78, 5) is 14.3. The van der Waals surface area contributed by atoms with Crippen molar-refractivity contribution in [2.24, 2.45) is 0 Å². The average Bonchev–Trinajstić information content (AvgIpc) is 2.39. The van der Waals surface area contributed by atoms with Crippen LogP contribution in [0.1, 0.15) is 36.6 Å². The van der Waals surface area contributed by atoms with Crippen LogP contribution >= 0.6 is 0 Å². The van der Waals surface area contributed by atoms with Crippen molar-refractivity contribution in [2.75, 3.05) is 20.3 Å². The third-order valence-electron chi connectivity index (χ3n) is 3.61. The van der Waals surface area contributed by atoms with Crippen molar-refractivity contribution in [3.05, 3.63) is 33.7 Å². The zero-order valence-electron chi connectivity index (χ0n) is 11.3. The van der Waals surface area contributed by atoms with Gasteiger partial charge in [-0.3, -0.25) is 4.79 Å². The number of pyridine rings is 1. The number of aliphatic hydroxyl groups is 1. The highest BCUT2D eigenvalue weighted by molar-refractivity contribution is 5.26. The number of rotatable bonds is 6. The molecule has 0 saturated heterocycles. The molecule has 0 saturated carbocycles. The fourth-order valence-electron chi connectivity index (χ4n) is 2.73. The molecule has 2 unspecified atom stereocenters. The van der Waals surface area contributed by atoms with E-state index in [2.05, 4.69) is 10.3 Å². The minimum Gasteiger partial charge on any atom is -0.396 e. The van der Waals surface area contributed by atoms with Crippen LogP contribution in [0.25, 0.3) is 0 Å². The smallest absolute Gasteiger partial charge is 0.248 e. The highest BCUT2D eigenvalue weighted by atomic mass is 16.5. The Kier molecular flexibility index (Phi) is 5.13. The lowest BCUT2D eigenvalue weighted by molar-refractivity contribution is 0.140. The molecule has 2 rings (SSSR count). The topological polar surface area (TPSA) is 74.3 Å². The molecule has 0 amide bonds. The molecule has 0 bridgehead atoms. The van der Waals surface area contributed by atoms with Crippen LogP contribution in [0.15, 0.2) is 16.9 Å². The Morgan fingerprint density at radius 2 is 2.42 bits per heavy atom. The number of nitrogens with one attached hydrogen (secondary N) is 2. The van der Waals surface area contributed by atoms with Gasteiger partial charge in [0.2, 0.25) is 5.56 Å². The number of aryl methyl sites for hydroxylation is 1. The van der Waals surface area contributed by atoms with Gasteiger partial charge in [0.1, 0.15) is 0 Å². The summed E-state index contributed by atoms with van der Waals surface area (Å²) in [7, 11) is 1.67. The van der Waals surface area contributed by atoms with E-state index >= 15 is 0 Å². The Morgan fingerprint density at radius 1 is 1.58 bits per heavy atom. The number of H-pyrrole nitrogens is 1. The zero-order valence-corrected chi connectivity index (χ0v) is 11.3. The van der Waals surface area contributed by atoms with Gasteiger partial charge in [0, 0.05) is 37.6 Å². The monoisotopic (exact) mass is 266 g/mol. The van der Waals surface area contributed by atoms with Crippen LogP contribution < -0.4 is 10.9 Å². The molecule has 1 aromatic heterocycles. The van der Waals surface area contributed by atoms with E-state index in [1.54, 1.807) is 13.2 Å². The number of aliphatic hydroxyl groups excluding tert-OH is 1. The lowest BCUT2D eigenvalue weighted by Crippen LogP contribution is -2.38. The molecule has 0 spiro atoms. The van der Waals surface area contributed by atoms with E-state index in [4.69, 9.17) is 9.84 Å². The minimum absolute atomic E-state index is 0.0387. The van der Waals surface area contributed by atoms with Crippen molar-refractivity contribution in [2.45, 2.75) is 37.8 Å². The Hall–Kier alpha value is -1.17. The Labute approximate surface area is 113 Å². The molecule has 1 aromatic rings. The van der Waals surface area contributed by atoms with Gasteiger partial charge in [-0.2, -0.15) is 0 Å². The predicted octanol–water partition coefficient (Wildman–Crippen LogP) is 0.739. The van der Waals surface area contributed by atoms with Gasteiger partial charge in [-0.25, -0.2) is 0 Å². The third-order valence-corrected chi connectivity index (χ3v) is 3.61. The summed E-state index contributed by atoms with van der Waals surface area (Å²) in [5.41, 5.74) is 2.17. The first-order chi connectivity index (χ1) is 9.24. The van der Waals surface area contributed by atoms with Crippen molar-refractivity contribution in [3.63, 3.8) is 0 Å². The van der Waals surface area contributed by atoms with Gasteiger partial charge in [0.05, 0.1) is 6.61 Å². The van der Waals surface area contributed by atoms with Gasteiger partial charge in [-0.1, -0.05) is 6.07 Å². The van der Waals surface area contributed by atoms with E-state index in [1.165, 1.54) is 5.56 Å². The van der Waals surface area contributed by atoms with E-state index in [0.717, 1.165) is 25.0 Å². The molecule has 2 atom stereocenters. The molecule has 0 fully saturated rings. The maximum Gasteiger partial charge on any atom is 0.248 e. The van der Waals surface area contributed by atoms with E-state index in [0.29, 0.717) is 13.0 Å². The van der Waals surface area contributed by atoms with E-state index in [1.807, 2.05) is 6.07 Å². The summed E-state index contributed by atoms with van der Waals surface area (Å²) in [6.07, 6.45) is 3.70. The van der Waals surface area contributed by atoms with Crippen LogP contribution in [0.2, 0.25) is 0 Å². The predicted molar refractivity (Wildman–Crippen MR) is 73.2 cm³/mol. The molecule has 1 aliphatic carbocycles. The van der Waals surface area contributed by atoms with Gasteiger partial charge in [0.15, 0.2) is 0 Å². The van der Waals surface area contributed by atoms with Crippen molar-refractivity contribution in [1.82, 2.24) is 10.3 Å². The largest absolute Gasteiger partial charge is 0.396 e. The van der Waals surface area contributed by atoms with Crippen molar-refractivity contribution in [1.29, 1.82) is 0 Å². The summed E-state index contributed by atoms with van der Waals surface area (Å²) >= 11 is 0. The third kappa shape index (κ3) is 3.65. The fourth-order valence-corrected chi connectivity index (χ4v) is 2.73. The normalized spacial score (nSPS) is 20.0. The second-order valence-corrected chi connectivity index (χ2v) is 5.03. The lowest BCUT2D eigenvalue weighted by atomic mass is 9.90. The molecular weight excluding hydrogens is 244 g/mol. The quantitative estimate of drug-likeness (QED) is 0.710. The number of fused-ring (bicyclic) bond motifs is 1. The molecule has 3 N–H and O–H groups in total.